The van der Waals surface area contributed by atoms with E-state index in [-0.39, 0.29) is 12.4 Å². The van der Waals surface area contributed by atoms with Crippen LogP contribution in [0.15, 0.2) is 47.4 Å². The summed E-state index contributed by atoms with van der Waals surface area (Å²) in [5.41, 5.74) is -0.246. The van der Waals surface area contributed by atoms with E-state index in [1.54, 1.807) is 42.3 Å². The second kappa shape index (κ2) is 7.32. The number of ether oxygens (including phenoxy) is 2. The minimum absolute atomic E-state index is 0.0129. The summed E-state index contributed by atoms with van der Waals surface area (Å²) in [6.07, 6.45) is 1.45. The first kappa shape index (κ1) is 18.2. The van der Waals surface area contributed by atoms with E-state index < -0.39 is 16.2 Å². The highest BCUT2D eigenvalue weighted by Gasteiger charge is 2.26. The van der Waals surface area contributed by atoms with Gasteiger partial charge in [0.15, 0.2) is 11.5 Å². The van der Waals surface area contributed by atoms with Gasteiger partial charge in [-0.1, -0.05) is 18.2 Å². The Morgan fingerprint density at radius 1 is 1.19 bits per heavy atom. The molecule has 2 aromatic heterocycles. The van der Waals surface area contributed by atoms with Gasteiger partial charge in [-0.25, -0.2) is 4.98 Å². The molecule has 0 amide bonds. The molecule has 0 unspecified atom stereocenters. The minimum Gasteiger partial charge on any atom is -0.493 e. The fraction of sp³-hybridized carbons (Fsp3) is 0.222. The highest BCUT2D eigenvalue weighted by Crippen LogP contribution is 2.33. The van der Waals surface area contributed by atoms with Crippen molar-refractivity contribution < 1.29 is 14.4 Å². The van der Waals surface area contributed by atoms with Crippen LogP contribution >= 0.6 is 0 Å². The number of benzene rings is 1. The fourth-order valence-corrected chi connectivity index (χ4v) is 2.90. The van der Waals surface area contributed by atoms with Crippen LogP contribution in [0.25, 0.3) is 5.65 Å². The summed E-state index contributed by atoms with van der Waals surface area (Å²) in [7, 11) is 4.68. The molecule has 9 nitrogen and oxygen atoms in total. The van der Waals surface area contributed by atoms with Gasteiger partial charge in [-0.3, -0.25) is 19.3 Å². The van der Waals surface area contributed by atoms with Crippen molar-refractivity contribution in [2.24, 2.45) is 0 Å². The van der Waals surface area contributed by atoms with Crippen LogP contribution in [0, 0.1) is 10.1 Å². The largest absolute Gasteiger partial charge is 0.493 e. The lowest BCUT2D eigenvalue weighted by Crippen LogP contribution is -2.26. The molecule has 0 N–H and O–H groups in total. The molecule has 2 heterocycles. The molecule has 0 aliphatic carbocycles. The van der Waals surface area contributed by atoms with E-state index in [0.717, 1.165) is 9.96 Å². The molecule has 0 saturated heterocycles. The van der Waals surface area contributed by atoms with Crippen LogP contribution in [0.3, 0.4) is 0 Å². The molecule has 0 aliphatic rings. The van der Waals surface area contributed by atoms with Gasteiger partial charge < -0.3 is 14.4 Å². The molecule has 1 aromatic carbocycles. The predicted octanol–water partition coefficient (Wildman–Crippen LogP) is 2.26. The Hall–Kier alpha value is -3.62. The summed E-state index contributed by atoms with van der Waals surface area (Å²) >= 11 is 0. The van der Waals surface area contributed by atoms with Crippen LogP contribution in [0.5, 0.6) is 11.5 Å². The molecule has 27 heavy (non-hydrogen) atoms. The average molecular weight is 370 g/mol. The Kier molecular flexibility index (Phi) is 4.93. The molecule has 0 aliphatic heterocycles. The Balaban J connectivity index is 2.11. The topological polar surface area (TPSA) is 99.2 Å². The lowest BCUT2D eigenvalue weighted by molar-refractivity contribution is -0.385. The highest BCUT2D eigenvalue weighted by atomic mass is 16.6. The second-order valence-electron chi connectivity index (χ2n) is 5.78. The molecule has 140 valence electrons. The van der Waals surface area contributed by atoms with Gasteiger partial charge in [-0.2, -0.15) is 0 Å². The number of nitro groups is 1. The molecule has 0 spiro atoms. The van der Waals surface area contributed by atoms with Gasteiger partial charge in [0.25, 0.3) is 0 Å². The van der Waals surface area contributed by atoms with Crippen molar-refractivity contribution in [3.05, 3.63) is 68.6 Å². The minimum atomic E-state index is -0.731. The Bertz CT molecular complexity index is 1060. The number of pyridine rings is 1. The SMILES string of the molecule is COc1cccc(CN(C)c2nc3ccccn3c(=O)c2[N+](=O)[O-])c1OC. The number of fused-ring (bicyclic) bond motifs is 1. The fourth-order valence-electron chi connectivity index (χ4n) is 2.90. The molecule has 0 radical (unpaired) electrons. The van der Waals surface area contributed by atoms with Crippen molar-refractivity contribution >= 4 is 17.2 Å². The number of para-hydroxylation sites is 1. The molecule has 0 bridgehead atoms. The van der Waals surface area contributed by atoms with Gasteiger partial charge in [-0.15, -0.1) is 0 Å². The summed E-state index contributed by atoms with van der Waals surface area (Å²) < 4.78 is 11.8. The van der Waals surface area contributed by atoms with E-state index in [1.807, 2.05) is 6.07 Å². The molecular weight excluding hydrogens is 352 g/mol. The number of aromatic nitrogens is 2. The first-order valence-corrected chi connectivity index (χ1v) is 8.04. The summed E-state index contributed by atoms with van der Waals surface area (Å²) in [4.78, 5) is 29.3. The maximum Gasteiger partial charge on any atom is 0.376 e. The maximum atomic E-state index is 12.6. The zero-order valence-corrected chi connectivity index (χ0v) is 15.1. The number of hydrogen-bond acceptors (Lipinski definition) is 7. The molecule has 0 saturated carbocycles. The van der Waals surface area contributed by atoms with Gasteiger partial charge in [0.1, 0.15) is 5.65 Å². The maximum absolute atomic E-state index is 12.6. The van der Waals surface area contributed by atoms with Crippen LogP contribution in [0.2, 0.25) is 0 Å². The molecule has 3 aromatic rings. The van der Waals surface area contributed by atoms with Crippen molar-refractivity contribution in [2.75, 3.05) is 26.2 Å². The zero-order valence-electron chi connectivity index (χ0n) is 15.1. The predicted molar refractivity (Wildman–Crippen MR) is 99.8 cm³/mol. The highest BCUT2D eigenvalue weighted by molar-refractivity contribution is 5.62. The molecule has 9 heteroatoms. The lowest BCUT2D eigenvalue weighted by atomic mass is 10.1. The third-order valence-electron chi connectivity index (χ3n) is 4.13. The van der Waals surface area contributed by atoms with Gasteiger partial charge in [0.05, 0.1) is 19.1 Å². The smallest absolute Gasteiger partial charge is 0.376 e. The van der Waals surface area contributed by atoms with Crippen LogP contribution < -0.4 is 19.9 Å². The number of methoxy groups -OCH3 is 2. The van der Waals surface area contributed by atoms with Crippen molar-refractivity contribution in [3.63, 3.8) is 0 Å². The number of rotatable bonds is 6. The van der Waals surface area contributed by atoms with E-state index in [4.69, 9.17) is 9.47 Å². The number of anilines is 1. The van der Waals surface area contributed by atoms with Crippen LogP contribution in [-0.2, 0) is 6.54 Å². The summed E-state index contributed by atoms with van der Waals surface area (Å²) in [5.74, 6) is 1.05. The second-order valence-corrected chi connectivity index (χ2v) is 5.78. The van der Waals surface area contributed by atoms with E-state index in [0.29, 0.717) is 17.1 Å². The number of nitrogens with zero attached hydrogens (tertiary/aromatic N) is 4. The Morgan fingerprint density at radius 2 is 1.96 bits per heavy atom. The average Bonchev–Trinajstić information content (AvgIpc) is 2.67. The third kappa shape index (κ3) is 3.26. The molecule has 0 atom stereocenters. The van der Waals surface area contributed by atoms with Gasteiger partial charge in [0.2, 0.25) is 5.82 Å². The van der Waals surface area contributed by atoms with Crippen molar-refractivity contribution in [1.82, 2.24) is 9.38 Å². The van der Waals surface area contributed by atoms with Crippen LogP contribution in [-0.4, -0.2) is 35.6 Å². The van der Waals surface area contributed by atoms with Crippen molar-refractivity contribution in [1.29, 1.82) is 0 Å². The van der Waals surface area contributed by atoms with Gasteiger partial charge in [-0.05, 0) is 18.2 Å². The molecule has 3 rings (SSSR count). The van der Waals surface area contributed by atoms with Crippen LogP contribution in [0.1, 0.15) is 5.56 Å². The Labute approximate surface area is 154 Å². The van der Waals surface area contributed by atoms with Crippen LogP contribution in [0.4, 0.5) is 11.5 Å². The van der Waals surface area contributed by atoms with Gasteiger partial charge in [0, 0.05) is 25.4 Å². The van der Waals surface area contributed by atoms with Crippen molar-refractivity contribution in [2.45, 2.75) is 6.54 Å². The van der Waals surface area contributed by atoms with E-state index in [9.17, 15) is 14.9 Å². The first-order valence-electron chi connectivity index (χ1n) is 8.04. The summed E-state index contributed by atoms with van der Waals surface area (Å²) in [6, 6.07) is 10.3. The molecular formula is C18H18N4O5. The third-order valence-corrected chi connectivity index (χ3v) is 4.13. The molecule has 0 fully saturated rings. The first-order chi connectivity index (χ1) is 13.0. The normalized spacial score (nSPS) is 10.6. The van der Waals surface area contributed by atoms with E-state index in [1.165, 1.54) is 20.4 Å². The van der Waals surface area contributed by atoms with Gasteiger partial charge >= 0.3 is 11.2 Å². The monoisotopic (exact) mass is 370 g/mol. The number of hydrogen-bond donors (Lipinski definition) is 0. The summed E-state index contributed by atoms with van der Waals surface area (Å²) in [5, 5.41) is 11.5. The quantitative estimate of drug-likeness (QED) is 0.485. The zero-order chi connectivity index (χ0) is 19.6. The van der Waals surface area contributed by atoms with E-state index >= 15 is 0 Å². The lowest BCUT2D eigenvalue weighted by Gasteiger charge is -2.20. The standard InChI is InChI=1S/C18H18N4O5/c1-20(11-12-7-6-8-13(26-2)16(12)27-3)17-15(22(24)25)18(23)21-10-5-4-9-14(21)19-17/h4-10H,11H2,1-3H3. The summed E-state index contributed by atoms with van der Waals surface area (Å²) in [6.45, 7) is 0.233. The van der Waals surface area contributed by atoms with Crippen molar-refractivity contribution in [3.8, 4) is 11.5 Å². The Morgan fingerprint density at radius 3 is 2.63 bits per heavy atom. The van der Waals surface area contributed by atoms with E-state index in [2.05, 4.69) is 4.98 Å².